The molecule has 0 aliphatic heterocycles. The van der Waals surface area contributed by atoms with Gasteiger partial charge in [0.1, 0.15) is 6.54 Å². The Morgan fingerprint density at radius 2 is 2.19 bits per heavy atom. The van der Waals surface area contributed by atoms with Crippen molar-refractivity contribution >= 4 is 34.8 Å². The predicted molar refractivity (Wildman–Crippen MR) is 80.5 cm³/mol. The molecule has 2 aromatic rings. The molecule has 1 aromatic carbocycles. The number of aromatic nitrogens is 3. The van der Waals surface area contributed by atoms with E-state index in [4.69, 9.17) is 28.3 Å². The van der Waals surface area contributed by atoms with Crippen molar-refractivity contribution in [3.63, 3.8) is 0 Å². The molecule has 0 spiro atoms. The third-order valence-corrected chi connectivity index (χ3v) is 3.25. The Morgan fingerprint density at radius 1 is 1.38 bits per heavy atom. The van der Waals surface area contributed by atoms with Crippen LogP contribution in [0.4, 0.5) is 5.69 Å². The number of nitrogens with one attached hydrogen (secondary N) is 1. The van der Waals surface area contributed by atoms with Crippen LogP contribution in [-0.2, 0) is 17.8 Å². The lowest BCUT2D eigenvalue weighted by atomic mass is 10.3. The van der Waals surface area contributed by atoms with Crippen LogP contribution in [0.5, 0.6) is 0 Å². The van der Waals surface area contributed by atoms with Gasteiger partial charge in [-0.2, -0.15) is 0 Å². The maximum absolute atomic E-state index is 11.9. The predicted octanol–water partition coefficient (Wildman–Crippen LogP) is 2.15. The van der Waals surface area contributed by atoms with Gasteiger partial charge < -0.3 is 10.4 Å². The first-order valence-electron chi connectivity index (χ1n) is 6.33. The second kappa shape index (κ2) is 7.40. The number of nitrogens with zero attached hydrogens (tertiary/aromatic N) is 3. The van der Waals surface area contributed by atoms with Crippen LogP contribution >= 0.6 is 23.2 Å². The second-order valence-electron chi connectivity index (χ2n) is 4.41. The van der Waals surface area contributed by atoms with Crippen molar-refractivity contribution in [2.45, 2.75) is 19.4 Å². The first-order valence-corrected chi connectivity index (χ1v) is 7.09. The molecule has 0 aliphatic rings. The molecule has 1 heterocycles. The van der Waals surface area contributed by atoms with E-state index in [1.54, 1.807) is 24.4 Å². The molecule has 0 saturated heterocycles. The van der Waals surface area contributed by atoms with Crippen LogP contribution in [0.1, 0.15) is 12.1 Å². The van der Waals surface area contributed by atoms with Gasteiger partial charge in [-0.15, -0.1) is 5.10 Å². The number of carbonyl (C=O) groups is 1. The molecular weight excluding hydrogens is 315 g/mol. The molecule has 1 amide bonds. The fraction of sp³-hybridized carbons (Fsp3) is 0.308. The number of hydrogen-bond acceptors (Lipinski definition) is 4. The average Bonchev–Trinajstić information content (AvgIpc) is 2.88. The molecule has 0 atom stereocenters. The van der Waals surface area contributed by atoms with Gasteiger partial charge in [0.15, 0.2) is 0 Å². The number of rotatable bonds is 6. The Morgan fingerprint density at radius 3 is 2.95 bits per heavy atom. The Hall–Kier alpha value is -1.63. The van der Waals surface area contributed by atoms with Gasteiger partial charge in [0.25, 0.3) is 0 Å². The van der Waals surface area contributed by atoms with E-state index in [9.17, 15) is 4.79 Å². The zero-order valence-electron chi connectivity index (χ0n) is 11.1. The summed E-state index contributed by atoms with van der Waals surface area (Å²) in [6.45, 7) is 0.121. The number of hydrogen-bond donors (Lipinski definition) is 2. The molecule has 2 rings (SSSR count). The minimum Gasteiger partial charge on any atom is -0.396 e. The molecular formula is C13H14Cl2N4O2. The molecule has 0 unspecified atom stereocenters. The number of aliphatic hydroxyl groups is 1. The Labute approximate surface area is 131 Å². The topological polar surface area (TPSA) is 80.0 Å². The molecule has 2 N–H and O–H groups in total. The average molecular weight is 329 g/mol. The Balaban J connectivity index is 1.95. The summed E-state index contributed by atoms with van der Waals surface area (Å²) in [7, 11) is 0. The molecule has 0 saturated carbocycles. The van der Waals surface area contributed by atoms with E-state index < -0.39 is 0 Å². The number of halogens is 2. The first-order chi connectivity index (χ1) is 10.1. The van der Waals surface area contributed by atoms with E-state index in [1.807, 2.05) is 0 Å². The van der Waals surface area contributed by atoms with Gasteiger partial charge in [0.05, 0.1) is 16.4 Å². The molecule has 1 aromatic heterocycles. The van der Waals surface area contributed by atoms with Crippen LogP contribution in [0.2, 0.25) is 10.0 Å². The molecule has 0 fully saturated rings. The number of benzene rings is 1. The number of carbonyl (C=O) groups excluding carboxylic acids is 1. The SMILES string of the molecule is O=C(Cn1cc(CCCO)nn1)Nc1cc(Cl)ccc1Cl. The first kappa shape index (κ1) is 15.8. The van der Waals surface area contributed by atoms with Crippen LogP contribution in [-0.4, -0.2) is 32.6 Å². The highest BCUT2D eigenvalue weighted by Gasteiger charge is 2.09. The monoisotopic (exact) mass is 328 g/mol. The van der Waals surface area contributed by atoms with E-state index in [-0.39, 0.29) is 19.1 Å². The van der Waals surface area contributed by atoms with Gasteiger partial charge in [-0.1, -0.05) is 28.4 Å². The van der Waals surface area contributed by atoms with Crippen LogP contribution in [0.3, 0.4) is 0 Å². The molecule has 8 heteroatoms. The van der Waals surface area contributed by atoms with E-state index >= 15 is 0 Å². The summed E-state index contributed by atoms with van der Waals surface area (Å²) in [6.07, 6.45) is 2.91. The number of anilines is 1. The van der Waals surface area contributed by atoms with Crippen molar-refractivity contribution in [2.75, 3.05) is 11.9 Å². The fourth-order valence-corrected chi connectivity index (χ4v) is 2.06. The summed E-state index contributed by atoms with van der Waals surface area (Å²) in [4.78, 5) is 11.9. The summed E-state index contributed by atoms with van der Waals surface area (Å²) in [5.41, 5.74) is 1.19. The molecule has 6 nitrogen and oxygen atoms in total. The zero-order chi connectivity index (χ0) is 15.2. The van der Waals surface area contributed by atoms with Crippen LogP contribution < -0.4 is 5.32 Å². The summed E-state index contributed by atoms with van der Waals surface area (Å²) >= 11 is 11.8. The molecule has 0 aliphatic carbocycles. The molecule has 21 heavy (non-hydrogen) atoms. The van der Waals surface area contributed by atoms with Gasteiger partial charge in [-0.05, 0) is 31.0 Å². The van der Waals surface area contributed by atoms with Crippen molar-refractivity contribution in [3.05, 3.63) is 40.1 Å². The summed E-state index contributed by atoms with van der Waals surface area (Å²) in [5, 5.41) is 20.1. The quantitative estimate of drug-likeness (QED) is 0.851. The molecule has 0 radical (unpaired) electrons. The van der Waals surface area contributed by atoms with Gasteiger partial charge in [-0.3, -0.25) is 4.79 Å². The highest BCUT2D eigenvalue weighted by molar-refractivity contribution is 6.35. The minimum absolute atomic E-state index is 0.0228. The third-order valence-electron chi connectivity index (χ3n) is 2.69. The van der Waals surface area contributed by atoms with Crippen molar-refractivity contribution in [3.8, 4) is 0 Å². The van der Waals surface area contributed by atoms with Crippen LogP contribution in [0.15, 0.2) is 24.4 Å². The van der Waals surface area contributed by atoms with Gasteiger partial charge in [0, 0.05) is 17.8 Å². The summed E-state index contributed by atoms with van der Waals surface area (Å²) < 4.78 is 1.43. The van der Waals surface area contributed by atoms with E-state index in [0.717, 1.165) is 5.69 Å². The lowest BCUT2D eigenvalue weighted by Gasteiger charge is -2.07. The lowest BCUT2D eigenvalue weighted by molar-refractivity contribution is -0.116. The fourth-order valence-electron chi connectivity index (χ4n) is 1.72. The van der Waals surface area contributed by atoms with E-state index in [0.29, 0.717) is 28.6 Å². The Bertz CT molecular complexity index is 630. The van der Waals surface area contributed by atoms with Crippen LogP contribution in [0, 0.1) is 0 Å². The normalized spacial score (nSPS) is 10.6. The summed E-state index contributed by atoms with van der Waals surface area (Å²) in [5.74, 6) is -0.280. The Kier molecular flexibility index (Phi) is 5.55. The number of aryl methyl sites for hydroxylation is 1. The van der Waals surface area contributed by atoms with Gasteiger partial charge in [-0.25, -0.2) is 4.68 Å². The standard InChI is InChI=1S/C13H14Cl2N4O2/c14-9-3-4-11(15)12(6-9)16-13(21)8-19-7-10(17-18-19)2-1-5-20/h3-4,6-7,20H,1-2,5,8H2,(H,16,21). The number of aliphatic hydroxyl groups excluding tert-OH is 1. The maximum Gasteiger partial charge on any atom is 0.246 e. The van der Waals surface area contributed by atoms with Gasteiger partial charge in [0.2, 0.25) is 5.91 Å². The summed E-state index contributed by atoms with van der Waals surface area (Å²) in [6, 6.07) is 4.84. The largest absolute Gasteiger partial charge is 0.396 e. The molecule has 112 valence electrons. The second-order valence-corrected chi connectivity index (χ2v) is 5.25. The third kappa shape index (κ3) is 4.70. The minimum atomic E-state index is -0.280. The van der Waals surface area contributed by atoms with Gasteiger partial charge >= 0.3 is 0 Å². The maximum atomic E-state index is 11.9. The highest BCUT2D eigenvalue weighted by Crippen LogP contribution is 2.25. The zero-order valence-corrected chi connectivity index (χ0v) is 12.6. The van der Waals surface area contributed by atoms with Crippen molar-refractivity contribution in [2.24, 2.45) is 0 Å². The molecule has 0 bridgehead atoms. The number of amides is 1. The van der Waals surface area contributed by atoms with Crippen molar-refractivity contribution < 1.29 is 9.90 Å². The van der Waals surface area contributed by atoms with E-state index in [2.05, 4.69) is 15.6 Å². The highest BCUT2D eigenvalue weighted by atomic mass is 35.5. The van der Waals surface area contributed by atoms with E-state index in [1.165, 1.54) is 4.68 Å². The van der Waals surface area contributed by atoms with Crippen molar-refractivity contribution in [1.82, 2.24) is 15.0 Å². The van der Waals surface area contributed by atoms with Crippen molar-refractivity contribution in [1.29, 1.82) is 0 Å². The smallest absolute Gasteiger partial charge is 0.246 e. The lowest BCUT2D eigenvalue weighted by Crippen LogP contribution is -2.19. The van der Waals surface area contributed by atoms with Crippen LogP contribution in [0.25, 0.3) is 0 Å².